The van der Waals surface area contributed by atoms with Crippen LogP contribution in [-0.2, 0) is 22.7 Å². The van der Waals surface area contributed by atoms with Gasteiger partial charge in [-0.05, 0) is 24.3 Å². The van der Waals surface area contributed by atoms with Crippen LogP contribution in [0.1, 0.15) is 22.3 Å². The van der Waals surface area contributed by atoms with Crippen molar-refractivity contribution in [2.45, 2.75) is 31.7 Å². The molecule has 1 saturated heterocycles. The number of hydrogen-bond donors (Lipinski definition) is 3. The van der Waals surface area contributed by atoms with Crippen molar-refractivity contribution in [2.24, 2.45) is 0 Å². The van der Waals surface area contributed by atoms with E-state index in [1.165, 1.54) is 47.2 Å². The topological polar surface area (TPSA) is 112 Å². The lowest BCUT2D eigenvalue weighted by atomic mass is 10.1. The molecule has 0 radical (unpaired) electrons. The van der Waals surface area contributed by atoms with Crippen molar-refractivity contribution in [2.75, 3.05) is 6.54 Å². The van der Waals surface area contributed by atoms with Gasteiger partial charge in [-0.25, -0.2) is 13.6 Å². The highest BCUT2D eigenvalue weighted by Crippen LogP contribution is 2.27. The molecule has 2 atom stereocenters. The number of phenolic OH excluding ortho intramolecular Hbond substituents is 1. The molecule has 0 saturated carbocycles. The lowest BCUT2D eigenvalue weighted by Crippen LogP contribution is -2.46. The Hall–Kier alpha value is -3.66. The van der Waals surface area contributed by atoms with Gasteiger partial charge in [-0.2, -0.15) is 0 Å². The summed E-state index contributed by atoms with van der Waals surface area (Å²) in [6.45, 7) is -0.823. The standard InChI is InChI=1S/C23H20ClF2N3O5/c24-17-3-1-2-12(21(17)26)8-27-22(32)19-6-13(25)9-29(19)20(31)11-28-10-16(23(33)34)15-7-14(30)4-5-18(15)28/h1-5,7,10,13,19,30H,6,8-9,11H2,(H,27,32)(H,33,34)/t13-,19+/m1/s1. The Morgan fingerprint density at radius 2 is 1.97 bits per heavy atom. The second kappa shape index (κ2) is 9.30. The first-order chi connectivity index (χ1) is 16.2. The molecule has 1 aliphatic rings. The minimum Gasteiger partial charge on any atom is -0.508 e. The average molecular weight is 492 g/mol. The number of nitrogens with zero attached hydrogens (tertiary/aromatic N) is 2. The van der Waals surface area contributed by atoms with Crippen LogP contribution in [0.5, 0.6) is 5.75 Å². The van der Waals surface area contributed by atoms with Crippen LogP contribution in [0.15, 0.2) is 42.6 Å². The summed E-state index contributed by atoms with van der Waals surface area (Å²) in [5, 5.41) is 21.8. The predicted molar refractivity (Wildman–Crippen MR) is 119 cm³/mol. The number of halogens is 3. The van der Waals surface area contributed by atoms with E-state index in [0.29, 0.717) is 5.52 Å². The number of phenols is 1. The number of carboxylic acid groups (broad SMARTS) is 1. The van der Waals surface area contributed by atoms with E-state index in [9.17, 15) is 33.4 Å². The molecule has 3 N–H and O–H groups in total. The smallest absolute Gasteiger partial charge is 0.337 e. The van der Waals surface area contributed by atoms with Crippen molar-refractivity contribution in [1.82, 2.24) is 14.8 Å². The molecule has 1 aliphatic heterocycles. The molecule has 2 amide bonds. The molecular weight excluding hydrogens is 472 g/mol. The molecular formula is C23H20ClF2N3O5. The normalized spacial score (nSPS) is 17.8. The maximum absolute atomic E-state index is 14.2. The second-order valence-electron chi connectivity index (χ2n) is 8.00. The summed E-state index contributed by atoms with van der Waals surface area (Å²) in [7, 11) is 0. The summed E-state index contributed by atoms with van der Waals surface area (Å²) in [5.41, 5.74) is 0.426. The Balaban J connectivity index is 1.51. The quantitative estimate of drug-likeness (QED) is 0.490. The van der Waals surface area contributed by atoms with Gasteiger partial charge in [0.15, 0.2) is 0 Å². The number of aromatic hydroxyl groups is 1. The molecule has 2 heterocycles. The summed E-state index contributed by atoms with van der Waals surface area (Å²) >= 11 is 5.75. The van der Waals surface area contributed by atoms with E-state index >= 15 is 0 Å². The number of carbonyl (C=O) groups excluding carboxylic acids is 2. The van der Waals surface area contributed by atoms with Gasteiger partial charge in [-0.15, -0.1) is 0 Å². The largest absolute Gasteiger partial charge is 0.508 e. The van der Waals surface area contributed by atoms with Gasteiger partial charge in [-0.3, -0.25) is 9.59 Å². The number of nitrogens with one attached hydrogen (secondary N) is 1. The zero-order chi connectivity index (χ0) is 24.6. The fourth-order valence-corrected chi connectivity index (χ4v) is 4.31. The van der Waals surface area contributed by atoms with Crippen LogP contribution in [0.25, 0.3) is 10.9 Å². The van der Waals surface area contributed by atoms with E-state index in [2.05, 4.69) is 5.32 Å². The Labute approximate surface area is 197 Å². The van der Waals surface area contributed by atoms with Crippen LogP contribution in [0.3, 0.4) is 0 Å². The molecule has 0 bridgehead atoms. The second-order valence-corrected chi connectivity index (χ2v) is 8.41. The molecule has 34 heavy (non-hydrogen) atoms. The first-order valence-corrected chi connectivity index (χ1v) is 10.7. The molecule has 4 rings (SSSR count). The number of hydrogen-bond acceptors (Lipinski definition) is 4. The van der Waals surface area contributed by atoms with Crippen LogP contribution >= 0.6 is 11.6 Å². The minimum atomic E-state index is -1.42. The van der Waals surface area contributed by atoms with E-state index < -0.39 is 35.8 Å². The summed E-state index contributed by atoms with van der Waals surface area (Å²) in [4.78, 5) is 38.4. The van der Waals surface area contributed by atoms with Crippen LogP contribution in [0.4, 0.5) is 8.78 Å². The van der Waals surface area contributed by atoms with Gasteiger partial charge in [0.25, 0.3) is 0 Å². The van der Waals surface area contributed by atoms with E-state index in [1.807, 2.05) is 0 Å². The maximum atomic E-state index is 14.2. The SMILES string of the molecule is O=C(O)c1cn(CC(=O)N2C[C@H](F)C[C@H]2C(=O)NCc2cccc(Cl)c2F)c2ccc(O)cc12. The highest BCUT2D eigenvalue weighted by atomic mass is 35.5. The third kappa shape index (κ3) is 4.54. The van der Waals surface area contributed by atoms with Crippen LogP contribution in [0.2, 0.25) is 5.02 Å². The molecule has 0 aliphatic carbocycles. The molecule has 8 nitrogen and oxygen atoms in total. The number of benzene rings is 2. The molecule has 11 heteroatoms. The molecule has 178 valence electrons. The number of carbonyl (C=O) groups is 3. The third-order valence-corrected chi connectivity index (χ3v) is 6.05. The highest BCUT2D eigenvalue weighted by molar-refractivity contribution is 6.30. The van der Waals surface area contributed by atoms with E-state index in [-0.39, 0.29) is 53.3 Å². The van der Waals surface area contributed by atoms with E-state index in [1.54, 1.807) is 0 Å². The Bertz CT molecular complexity index is 1300. The van der Waals surface area contributed by atoms with Gasteiger partial charge in [0.1, 0.15) is 30.3 Å². The first kappa shape index (κ1) is 23.5. The number of alkyl halides is 1. The van der Waals surface area contributed by atoms with Gasteiger partial charge in [0, 0.05) is 35.6 Å². The number of rotatable bonds is 6. The predicted octanol–water partition coefficient (Wildman–Crippen LogP) is 3.09. The highest BCUT2D eigenvalue weighted by Gasteiger charge is 2.39. The molecule has 0 spiro atoms. The van der Waals surface area contributed by atoms with Gasteiger partial charge < -0.3 is 25.0 Å². The zero-order valence-corrected chi connectivity index (χ0v) is 18.4. The number of aromatic carboxylic acids is 1. The summed E-state index contributed by atoms with van der Waals surface area (Å²) in [6, 6.07) is 7.35. The fraction of sp³-hybridized carbons (Fsp3) is 0.261. The molecule has 1 aromatic heterocycles. The van der Waals surface area contributed by atoms with Crippen molar-refractivity contribution < 1.29 is 33.4 Å². The first-order valence-electron chi connectivity index (χ1n) is 10.3. The molecule has 0 unspecified atom stereocenters. The fourth-order valence-electron chi connectivity index (χ4n) is 4.12. The number of amides is 2. The van der Waals surface area contributed by atoms with E-state index in [4.69, 9.17) is 11.6 Å². The number of fused-ring (bicyclic) bond motifs is 1. The monoisotopic (exact) mass is 491 g/mol. The molecule has 1 fully saturated rings. The Morgan fingerprint density at radius 1 is 1.21 bits per heavy atom. The van der Waals surface area contributed by atoms with Gasteiger partial charge in [0.05, 0.1) is 17.1 Å². The summed E-state index contributed by atoms with van der Waals surface area (Å²) in [5.74, 6) is -3.27. The zero-order valence-electron chi connectivity index (χ0n) is 17.7. The minimum absolute atomic E-state index is 0.0961. The lowest BCUT2D eigenvalue weighted by molar-refractivity contribution is -0.139. The molecule has 3 aromatic rings. The van der Waals surface area contributed by atoms with Crippen molar-refractivity contribution >= 4 is 40.3 Å². The van der Waals surface area contributed by atoms with E-state index in [0.717, 1.165) is 4.90 Å². The van der Waals surface area contributed by atoms with Crippen LogP contribution in [0, 0.1) is 5.82 Å². The van der Waals surface area contributed by atoms with Gasteiger partial charge >= 0.3 is 5.97 Å². The number of carboxylic acids is 1. The number of likely N-dealkylation sites (tertiary alicyclic amines) is 1. The summed E-state index contributed by atoms with van der Waals surface area (Å²) < 4.78 is 29.7. The van der Waals surface area contributed by atoms with Gasteiger partial charge in [-0.1, -0.05) is 23.7 Å². The lowest BCUT2D eigenvalue weighted by Gasteiger charge is -2.24. The summed E-state index contributed by atoms with van der Waals surface area (Å²) in [6.07, 6.45) is -0.379. The van der Waals surface area contributed by atoms with Crippen molar-refractivity contribution in [1.29, 1.82) is 0 Å². The maximum Gasteiger partial charge on any atom is 0.337 e. The van der Waals surface area contributed by atoms with Crippen LogP contribution < -0.4 is 5.32 Å². The third-order valence-electron chi connectivity index (χ3n) is 5.76. The average Bonchev–Trinajstić information content (AvgIpc) is 3.35. The van der Waals surface area contributed by atoms with Crippen molar-refractivity contribution in [3.63, 3.8) is 0 Å². The molecule has 2 aromatic carbocycles. The Morgan fingerprint density at radius 3 is 2.71 bits per heavy atom. The number of aromatic nitrogens is 1. The van der Waals surface area contributed by atoms with Crippen molar-refractivity contribution in [3.8, 4) is 5.75 Å². The van der Waals surface area contributed by atoms with Gasteiger partial charge in [0.2, 0.25) is 11.8 Å². The Kier molecular flexibility index (Phi) is 6.43. The van der Waals surface area contributed by atoms with Crippen molar-refractivity contribution in [3.05, 3.63) is 64.6 Å². The van der Waals surface area contributed by atoms with Crippen LogP contribution in [-0.4, -0.2) is 56.2 Å².